The molecule has 8 heteroatoms. The van der Waals surface area contributed by atoms with Crippen LogP contribution in [0.1, 0.15) is 17.4 Å². The molecule has 0 amide bonds. The summed E-state index contributed by atoms with van der Waals surface area (Å²) in [5, 5.41) is 0.519. The molecule has 2 aromatic carbocycles. The average Bonchev–Trinajstić information content (AvgIpc) is 3.22. The van der Waals surface area contributed by atoms with Gasteiger partial charge in [0.1, 0.15) is 11.9 Å². The number of aryl methyl sites for hydroxylation is 1. The van der Waals surface area contributed by atoms with E-state index in [0.29, 0.717) is 24.1 Å². The molecule has 4 aromatic rings. The summed E-state index contributed by atoms with van der Waals surface area (Å²) in [4.78, 5) is 28.4. The molecule has 0 aliphatic carbocycles. The van der Waals surface area contributed by atoms with Crippen molar-refractivity contribution in [3.63, 3.8) is 0 Å². The highest BCUT2D eigenvalue weighted by atomic mass is 16.5. The highest BCUT2D eigenvalue weighted by Crippen LogP contribution is 2.41. The molecular formula is C26H28N4O4. The van der Waals surface area contributed by atoms with Crippen LogP contribution in [0.3, 0.4) is 0 Å². The topological polar surface area (TPSA) is 70.6 Å². The van der Waals surface area contributed by atoms with Gasteiger partial charge in [-0.25, -0.2) is 4.79 Å². The molecule has 8 nitrogen and oxygen atoms in total. The summed E-state index contributed by atoms with van der Waals surface area (Å²) in [5.74, 6) is 0.737. The van der Waals surface area contributed by atoms with E-state index in [1.807, 2.05) is 67.5 Å². The summed E-state index contributed by atoms with van der Waals surface area (Å²) in [5.41, 5.74) is 4.49. The fourth-order valence-corrected chi connectivity index (χ4v) is 4.83. The number of benzene rings is 2. The van der Waals surface area contributed by atoms with E-state index >= 15 is 0 Å². The Bertz CT molecular complexity index is 1490. The summed E-state index contributed by atoms with van der Waals surface area (Å²) >= 11 is 0. The van der Waals surface area contributed by atoms with Crippen molar-refractivity contribution >= 4 is 16.6 Å². The van der Waals surface area contributed by atoms with Crippen molar-refractivity contribution in [3.8, 4) is 17.0 Å². The predicted molar refractivity (Wildman–Crippen MR) is 133 cm³/mol. The lowest BCUT2D eigenvalue weighted by atomic mass is 10.0. The van der Waals surface area contributed by atoms with E-state index in [1.54, 1.807) is 18.7 Å². The Morgan fingerprint density at radius 3 is 2.26 bits per heavy atom. The van der Waals surface area contributed by atoms with Crippen LogP contribution in [-0.2, 0) is 25.4 Å². The van der Waals surface area contributed by atoms with Crippen molar-refractivity contribution < 1.29 is 9.47 Å². The first-order valence-electron chi connectivity index (χ1n) is 11.2. The summed E-state index contributed by atoms with van der Waals surface area (Å²) in [6.45, 7) is 1.07. The lowest BCUT2D eigenvalue weighted by Crippen LogP contribution is -2.37. The Morgan fingerprint density at radius 2 is 1.65 bits per heavy atom. The molecule has 1 atom stereocenters. The Morgan fingerprint density at radius 1 is 0.971 bits per heavy atom. The van der Waals surface area contributed by atoms with Gasteiger partial charge in [0.2, 0.25) is 0 Å². The van der Waals surface area contributed by atoms with Gasteiger partial charge in [0.05, 0.1) is 36.0 Å². The molecule has 0 unspecified atom stereocenters. The van der Waals surface area contributed by atoms with Gasteiger partial charge in [-0.15, -0.1) is 0 Å². The van der Waals surface area contributed by atoms with Crippen LogP contribution >= 0.6 is 0 Å². The SMILES string of the molecule is COc1ccc(-c2c3c(=O)n(C)c(=O)n(C)c3c3n2CCO[C@@H]3c2ccc(N(C)C)cc2)cc1. The Balaban J connectivity index is 1.84. The monoisotopic (exact) mass is 460 g/mol. The van der Waals surface area contributed by atoms with Crippen LogP contribution in [0.15, 0.2) is 58.1 Å². The fraction of sp³-hybridized carbons (Fsp3) is 0.308. The third-order valence-electron chi connectivity index (χ3n) is 6.63. The quantitative estimate of drug-likeness (QED) is 0.468. The van der Waals surface area contributed by atoms with Crippen LogP contribution < -0.4 is 20.9 Å². The van der Waals surface area contributed by atoms with Crippen molar-refractivity contribution in [2.75, 3.05) is 32.7 Å². The molecule has 1 aliphatic rings. The van der Waals surface area contributed by atoms with Crippen LogP contribution in [-0.4, -0.2) is 41.5 Å². The van der Waals surface area contributed by atoms with Crippen molar-refractivity contribution in [2.45, 2.75) is 12.6 Å². The van der Waals surface area contributed by atoms with Crippen LogP contribution in [0.4, 0.5) is 5.69 Å². The Kier molecular flexibility index (Phi) is 5.32. The second-order valence-corrected chi connectivity index (χ2v) is 8.78. The molecule has 2 aromatic heterocycles. The summed E-state index contributed by atoms with van der Waals surface area (Å²) in [7, 11) is 8.85. The number of ether oxygens (including phenoxy) is 2. The third-order valence-corrected chi connectivity index (χ3v) is 6.63. The molecule has 0 saturated carbocycles. The van der Waals surface area contributed by atoms with E-state index in [1.165, 1.54) is 11.6 Å². The first-order valence-corrected chi connectivity index (χ1v) is 11.2. The molecule has 0 spiro atoms. The van der Waals surface area contributed by atoms with E-state index in [2.05, 4.69) is 4.57 Å². The summed E-state index contributed by atoms with van der Waals surface area (Å²) < 4.78 is 16.5. The average molecular weight is 461 g/mol. The van der Waals surface area contributed by atoms with Crippen LogP contribution in [0.25, 0.3) is 22.2 Å². The van der Waals surface area contributed by atoms with E-state index in [-0.39, 0.29) is 11.2 Å². The highest BCUT2D eigenvalue weighted by Gasteiger charge is 2.33. The molecule has 34 heavy (non-hydrogen) atoms. The lowest BCUT2D eigenvalue weighted by Gasteiger charge is -2.28. The molecule has 0 radical (unpaired) electrons. The second kappa shape index (κ2) is 8.22. The maximum absolute atomic E-state index is 13.5. The zero-order valence-corrected chi connectivity index (χ0v) is 20.0. The number of nitrogens with zero attached hydrogens (tertiary/aromatic N) is 4. The fourth-order valence-electron chi connectivity index (χ4n) is 4.83. The van der Waals surface area contributed by atoms with Gasteiger partial charge in [-0.1, -0.05) is 12.1 Å². The van der Waals surface area contributed by atoms with Crippen molar-refractivity contribution in [2.24, 2.45) is 14.1 Å². The number of methoxy groups -OCH3 is 1. The molecule has 176 valence electrons. The first kappa shape index (κ1) is 22.0. The molecule has 0 saturated heterocycles. The van der Waals surface area contributed by atoms with Crippen molar-refractivity contribution in [3.05, 3.63) is 80.6 Å². The Labute approximate surface area is 197 Å². The van der Waals surface area contributed by atoms with Gasteiger partial charge in [0, 0.05) is 40.4 Å². The molecule has 1 aliphatic heterocycles. The van der Waals surface area contributed by atoms with Crippen LogP contribution in [0.5, 0.6) is 5.75 Å². The van der Waals surface area contributed by atoms with E-state index in [9.17, 15) is 9.59 Å². The van der Waals surface area contributed by atoms with Crippen LogP contribution in [0, 0.1) is 0 Å². The minimum absolute atomic E-state index is 0.312. The van der Waals surface area contributed by atoms with Crippen LogP contribution in [0.2, 0.25) is 0 Å². The second-order valence-electron chi connectivity index (χ2n) is 8.78. The molecule has 3 heterocycles. The van der Waals surface area contributed by atoms with Gasteiger partial charge in [-0.05, 0) is 47.5 Å². The van der Waals surface area contributed by atoms with Gasteiger partial charge in [-0.3, -0.25) is 13.9 Å². The van der Waals surface area contributed by atoms with E-state index in [0.717, 1.165) is 34.0 Å². The summed E-state index contributed by atoms with van der Waals surface area (Å²) in [6.07, 6.45) is -0.405. The van der Waals surface area contributed by atoms with Crippen molar-refractivity contribution in [1.29, 1.82) is 0 Å². The minimum Gasteiger partial charge on any atom is -0.497 e. The predicted octanol–water partition coefficient (Wildman–Crippen LogP) is 2.90. The standard InChI is InChI=1S/C26H28N4O4/c1-27(2)18-10-6-17(7-11-18)24-23-22-20(25(31)29(4)26(32)28(22)3)21(30(23)14-15-34-24)16-8-12-19(33-5)13-9-16/h6-13,24H,14-15H2,1-5H3/t24-/m1/s1. The highest BCUT2D eigenvalue weighted by molar-refractivity contribution is 5.96. The zero-order chi connectivity index (χ0) is 24.1. The maximum atomic E-state index is 13.5. The number of anilines is 1. The normalized spacial score (nSPS) is 15.4. The largest absolute Gasteiger partial charge is 0.497 e. The number of aromatic nitrogens is 3. The molecule has 0 fully saturated rings. The number of fused-ring (bicyclic) bond motifs is 3. The van der Waals surface area contributed by atoms with Gasteiger partial charge < -0.3 is 18.9 Å². The number of rotatable bonds is 4. The van der Waals surface area contributed by atoms with E-state index in [4.69, 9.17) is 9.47 Å². The van der Waals surface area contributed by atoms with E-state index < -0.39 is 6.10 Å². The maximum Gasteiger partial charge on any atom is 0.331 e. The molecular weight excluding hydrogens is 432 g/mol. The third kappa shape index (κ3) is 3.25. The first-order chi connectivity index (χ1) is 16.3. The molecule has 0 N–H and O–H groups in total. The van der Waals surface area contributed by atoms with Gasteiger partial charge >= 0.3 is 5.69 Å². The number of hydrogen-bond donors (Lipinski definition) is 0. The van der Waals surface area contributed by atoms with Crippen molar-refractivity contribution in [1.82, 2.24) is 13.7 Å². The minimum atomic E-state index is -0.405. The van der Waals surface area contributed by atoms with Gasteiger partial charge in [-0.2, -0.15) is 0 Å². The Hall–Kier alpha value is -3.78. The van der Waals surface area contributed by atoms with Gasteiger partial charge in [0.15, 0.2) is 0 Å². The summed E-state index contributed by atoms with van der Waals surface area (Å²) in [6, 6.07) is 15.8. The number of hydrogen-bond acceptors (Lipinski definition) is 5. The molecule has 5 rings (SSSR count). The smallest absolute Gasteiger partial charge is 0.331 e. The molecule has 0 bridgehead atoms. The van der Waals surface area contributed by atoms with Gasteiger partial charge in [0.25, 0.3) is 5.56 Å². The zero-order valence-electron chi connectivity index (χ0n) is 20.0. The lowest BCUT2D eigenvalue weighted by molar-refractivity contribution is 0.0478.